The Labute approximate surface area is 142 Å². The van der Waals surface area contributed by atoms with Gasteiger partial charge in [-0.05, 0) is 12.8 Å². The first-order chi connectivity index (χ1) is 11.5. The Kier molecular flexibility index (Phi) is 4.92. The first-order valence-electron chi connectivity index (χ1n) is 8.62. The SMILES string of the molecule is CC(C)c1nc(NCc2nnc3n2CCCCC3)nc(N(C)C)n1. The van der Waals surface area contributed by atoms with Gasteiger partial charge in [-0.25, -0.2) is 0 Å². The highest BCUT2D eigenvalue weighted by Gasteiger charge is 2.16. The zero-order chi connectivity index (χ0) is 17.1. The molecule has 0 bridgehead atoms. The molecule has 0 aromatic carbocycles. The molecule has 3 heterocycles. The molecule has 130 valence electrons. The Hall–Kier alpha value is -2.25. The van der Waals surface area contributed by atoms with Crippen LogP contribution in [-0.4, -0.2) is 43.8 Å². The molecule has 0 unspecified atom stereocenters. The van der Waals surface area contributed by atoms with E-state index in [0.717, 1.165) is 30.4 Å². The summed E-state index contributed by atoms with van der Waals surface area (Å²) in [5.41, 5.74) is 0. The predicted molar refractivity (Wildman–Crippen MR) is 93.1 cm³/mol. The molecule has 0 saturated heterocycles. The van der Waals surface area contributed by atoms with Gasteiger partial charge in [0.1, 0.15) is 11.6 Å². The average Bonchev–Trinajstić information content (AvgIpc) is 2.79. The van der Waals surface area contributed by atoms with Crippen LogP contribution < -0.4 is 10.2 Å². The van der Waals surface area contributed by atoms with Crippen molar-refractivity contribution in [3.8, 4) is 0 Å². The fourth-order valence-corrected chi connectivity index (χ4v) is 2.75. The molecule has 2 aromatic heterocycles. The Morgan fingerprint density at radius 3 is 2.67 bits per heavy atom. The molecule has 0 aliphatic carbocycles. The van der Waals surface area contributed by atoms with E-state index >= 15 is 0 Å². The van der Waals surface area contributed by atoms with Crippen LogP contribution in [0.5, 0.6) is 0 Å². The van der Waals surface area contributed by atoms with Crippen LogP contribution >= 0.6 is 0 Å². The van der Waals surface area contributed by atoms with Gasteiger partial charge in [0.05, 0.1) is 6.54 Å². The molecule has 8 heteroatoms. The van der Waals surface area contributed by atoms with Crippen LogP contribution in [0, 0.1) is 0 Å². The molecule has 0 amide bonds. The van der Waals surface area contributed by atoms with E-state index in [1.54, 1.807) is 0 Å². The molecular weight excluding hydrogens is 304 g/mol. The van der Waals surface area contributed by atoms with E-state index in [2.05, 4.69) is 48.9 Å². The topological polar surface area (TPSA) is 84.7 Å². The molecule has 0 spiro atoms. The summed E-state index contributed by atoms with van der Waals surface area (Å²) in [5.74, 6) is 4.33. The van der Waals surface area contributed by atoms with Crippen molar-refractivity contribution in [2.24, 2.45) is 0 Å². The smallest absolute Gasteiger partial charge is 0.229 e. The summed E-state index contributed by atoms with van der Waals surface area (Å²) >= 11 is 0. The van der Waals surface area contributed by atoms with Crippen LogP contribution in [0.1, 0.15) is 56.5 Å². The summed E-state index contributed by atoms with van der Waals surface area (Å²) in [6.07, 6.45) is 4.66. The molecule has 0 fully saturated rings. The van der Waals surface area contributed by atoms with E-state index < -0.39 is 0 Å². The van der Waals surface area contributed by atoms with E-state index in [1.807, 2.05) is 19.0 Å². The largest absolute Gasteiger partial charge is 0.347 e. The zero-order valence-electron chi connectivity index (χ0n) is 15.0. The summed E-state index contributed by atoms with van der Waals surface area (Å²) in [7, 11) is 3.86. The second-order valence-electron chi connectivity index (χ2n) is 6.71. The van der Waals surface area contributed by atoms with Gasteiger partial charge in [0.25, 0.3) is 0 Å². The fraction of sp³-hybridized carbons (Fsp3) is 0.688. The van der Waals surface area contributed by atoms with Gasteiger partial charge in [0, 0.05) is 33.0 Å². The summed E-state index contributed by atoms with van der Waals surface area (Å²) in [6, 6.07) is 0. The number of nitrogens with one attached hydrogen (secondary N) is 1. The third-order valence-electron chi connectivity index (χ3n) is 4.15. The van der Waals surface area contributed by atoms with Crippen LogP contribution in [0.15, 0.2) is 0 Å². The maximum Gasteiger partial charge on any atom is 0.229 e. The molecule has 3 rings (SSSR count). The van der Waals surface area contributed by atoms with E-state index in [1.165, 1.54) is 19.3 Å². The van der Waals surface area contributed by atoms with Crippen molar-refractivity contribution in [2.75, 3.05) is 24.3 Å². The minimum absolute atomic E-state index is 0.247. The number of hydrogen-bond donors (Lipinski definition) is 1. The van der Waals surface area contributed by atoms with E-state index in [0.29, 0.717) is 18.4 Å². The van der Waals surface area contributed by atoms with Gasteiger partial charge in [-0.1, -0.05) is 20.3 Å². The third kappa shape index (κ3) is 3.63. The number of nitrogens with zero attached hydrogens (tertiary/aromatic N) is 7. The van der Waals surface area contributed by atoms with E-state index in [-0.39, 0.29) is 5.92 Å². The minimum Gasteiger partial charge on any atom is -0.347 e. The van der Waals surface area contributed by atoms with Crippen molar-refractivity contribution >= 4 is 11.9 Å². The Morgan fingerprint density at radius 1 is 1.08 bits per heavy atom. The van der Waals surface area contributed by atoms with Crippen molar-refractivity contribution in [3.63, 3.8) is 0 Å². The molecule has 24 heavy (non-hydrogen) atoms. The maximum atomic E-state index is 4.53. The van der Waals surface area contributed by atoms with Gasteiger partial charge in [0.2, 0.25) is 11.9 Å². The lowest BCUT2D eigenvalue weighted by molar-refractivity contribution is 0.609. The molecule has 0 saturated carbocycles. The van der Waals surface area contributed by atoms with E-state index in [9.17, 15) is 0 Å². The third-order valence-corrected chi connectivity index (χ3v) is 4.15. The Morgan fingerprint density at radius 2 is 1.92 bits per heavy atom. The number of fused-ring (bicyclic) bond motifs is 1. The monoisotopic (exact) mass is 330 g/mol. The molecule has 1 N–H and O–H groups in total. The summed E-state index contributed by atoms with van der Waals surface area (Å²) < 4.78 is 2.23. The van der Waals surface area contributed by atoms with Crippen molar-refractivity contribution in [1.29, 1.82) is 0 Å². The molecule has 1 aliphatic heterocycles. The van der Waals surface area contributed by atoms with Crippen molar-refractivity contribution < 1.29 is 0 Å². The van der Waals surface area contributed by atoms with Gasteiger partial charge in [-0.15, -0.1) is 10.2 Å². The first-order valence-corrected chi connectivity index (χ1v) is 8.62. The zero-order valence-corrected chi connectivity index (χ0v) is 15.0. The molecule has 2 aromatic rings. The molecule has 1 aliphatic rings. The Bertz CT molecular complexity index is 665. The fourth-order valence-electron chi connectivity index (χ4n) is 2.75. The maximum absolute atomic E-state index is 4.53. The molecule has 0 atom stereocenters. The van der Waals surface area contributed by atoms with Crippen molar-refractivity contribution in [1.82, 2.24) is 29.7 Å². The highest BCUT2D eigenvalue weighted by atomic mass is 15.3. The lowest BCUT2D eigenvalue weighted by atomic mass is 10.2. The number of rotatable bonds is 5. The lowest BCUT2D eigenvalue weighted by Crippen LogP contribution is -2.18. The Balaban J connectivity index is 1.78. The number of aryl methyl sites for hydroxylation is 1. The number of anilines is 2. The van der Waals surface area contributed by atoms with Crippen LogP contribution in [0.3, 0.4) is 0 Å². The molecule has 8 nitrogen and oxygen atoms in total. The summed E-state index contributed by atoms with van der Waals surface area (Å²) in [5, 5.41) is 12.0. The highest BCUT2D eigenvalue weighted by molar-refractivity contribution is 5.36. The quantitative estimate of drug-likeness (QED) is 0.897. The second kappa shape index (κ2) is 7.11. The van der Waals surface area contributed by atoms with Gasteiger partial charge in [0.15, 0.2) is 5.82 Å². The highest BCUT2D eigenvalue weighted by Crippen LogP contribution is 2.17. The first kappa shape index (κ1) is 16.6. The van der Waals surface area contributed by atoms with Crippen molar-refractivity contribution in [2.45, 2.75) is 58.5 Å². The predicted octanol–water partition coefficient (Wildman–Crippen LogP) is 1.99. The van der Waals surface area contributed by atoms with Crippen LogP contribution in [0.25, 0.3) is 0 Å². The number of hydrogen-bond acceptors (Lipinski definition) is 7. The summed E-state index contributed by atoms with van der Waals surface area (Å²) in [6.45, 7) is 5.73. The molecular formula is C16H26N8. The van der Waals surface area contributed by atoms with Crippen LogP contribution in [-0.2, 0) is 19.5 Å². The van der Waals surface area contributed by atoms with Gasteiger partial charge >= 0.3 is 0 Å². The van der Waals surface area contributed by atoms with Crippen molar-refractivity contribution in [3.05, 3.63) is 17.5 Å². The van der Waals surface area contributed by atoms with Gasteiger partial charge in [-0.2, -0.15) is 15.0 Å². The standard InChI is InChI=1S/C16H26N8/c1-11(2)14-18-15(20-16(19-14)23(3)4)17-10-13-22-21-12-8-6-5-7-9-24(12)13/h11H,5-10H2,1-4H3,(H,17,18,19,20). The minimum atomic E-state index is 0.247. The summed E-state index contributed by atoms with van der Waals surface area (Å²) in [4.78, 5) is 15.4. The average molecular weight is 330 g/mol. The molecule has 0 radical (unpaired) electrons. The van der Waals surface area contributed by atoms with E-state index in [4.69, 9.17) is 0 Å². The van der Waals surface area contributed by atoms with Gasteiger partial charge < -0.3 is 14.8 Å². The van der Waals surface area contributed by atoms with Crippen LogP contribution in [0.4, 0.5) is 11.9 Å². The van der Waals surface area contributed by atoms with Crippen LogP contribution in [0.2, 0.25) is 0 Å². The normalized spacial score (nSPS) is 14.4. The number of aromatic nitrogens is 6. The van der Waals surface area contributed by atoms with Gasteiger partial charge in [-0.3, -0.25) is 0 Å². The second-order valence-corrected chi connectivity index (χ2v) is 6.71. The lowest BCUT2D eigenvalue weighted by Gasteiger charge is -2.15.